The molecule has 0 fully saturated rings. The first-order valence-corrected chi connectivity index (χ1v) is 8.71. The fourth-order valence-corrected chi connectivity index (χ4v) is 3.15. The van der Waals surface area contributed by atoms with Crippen LogP contribution in [0.5, 0.6) is 0 Å². The molecular formula is C21H26ClN3O. The average Bonchev–Trinajstić information content (AvgIpc) is 2.86. The number of hydrogen-bond acceptors (Lipinski definition) is 2. The summed E-state index contributed by atoms with van der Waals surface area (Å²) in [4.78, 5) is 15.3. The molecule has 0 aliphatic heterocycles. The molecule has 0 atom stereocenters. The summed E-state index contributed by atoms with van der Waals surface area (Å²) in [5.74, 6) is 0. The number of para-hydroxylation sites is 1. The van der Waals surface area contributed by atoms with Gasteiger partial charge in [-0.3, -0.25) is 14.4 Å². The van der Waals surface area contributed by atoms with Gasteiger partial charge in [-0.2, -0.15) is 0 Å². The van der Waals surface area contributed by atoms with Crippen molar-refractivity contribution < 1.29 is 0 Å². The van der Waals surface area contributed by atoms with Crippen molar-refractivity contribution in [2.75, 3.05) is 6.54 Å². The Bertz CT molecular complexity index is 885. The van der Waals surface area contributed by atoms with Crippen LogP contribution in [0.2, 0.25) is 0 Å². The van der Waals surface area contributed by atoms with Gasteiger partial charge in [0.1, 0.15) is 0 Å². The summed E-state index contributed by atoms with van der Waals surface area (Å²) in [5.41, 5.74) is 4.11. The molecule has 138 valence electrons. The van der Waals surface area contributed by atoms with Gasteiger partial charge in [0.25, 0.3) is 5.56 Å². The Labute approximate surface area is 161 Å². The van der Waals surface area contributed by atoms with Crippen LogP contribution in [0, 0.1) is 6.92 Å². The lowest BCUT2D eigenvalue weighted by Crippen LogP contribution is -2.27. The summed E-state index contributed by atoms with van der Waals surface area (Å²) in [5, 5.41) is 0. The molecule has 0 N–H and O–H groups in total. The maximum absolute atomic E-state index is 13.0. The Morgan fingerprint density at radius 3 is 2.08 bits per heavy atom. The fourth-order valence-electron chi connectivity index (χ4n) is 3.15. The zero-order valence-electron chi connectivity index (χ0n) is 15.6. The van der Waals surface area contributed by atoms with Gasteiger partial charge in [-0.15, -0.1) is 12.4 Å². The van der Waals surface area contributed by atoms with Crippen molar-refractivity contribution in [3.63, 3.8) is 0 Å². The van der Waals surface area contributed by atoms with E-state index in [2.05, 4.69) is 36.1 Å². The number of nitrogens with zero attached hydrogens (tertiary/aromatic N) is 3. The maximum Gasteiger partial charge on any atom is 0.276 e. The molecule has 0 spiro atoms. The molecule has 1 aromatic heterocycles. The highest BCUT2D eigenvalue weighted by atomic mass is 35.5. The number of hydrogen-bond donors (Lipinski definition) is 0. The third-order valence-electron chi connectivity index (χ3n) is 4.75. The molecule has 0 unspecified atom stereocenters. The van der Waals surface area contributed by atoms with Crippen molar-refractivity contribution in [3.8, 4) is 5.69 Å². The normalized spacial score (nSPS) is 10.8. The van der Waals surface area contributed by atoms with E-state index in [9.17, 15) is 4.79 Å². The van der Waals surface area contributed by atoms with Crippen LogP contribution in [0.4, 0.5) is 0 Å². The summed E-state index contributed by atoms with van der Waals surface area (Å²) in [6, 6.07) is 20.2. The second-order valence-corrected chi connectivity index (χ2v) is 6.33. The molecule has 1 heterocycles. The first-order valence-electron chi connectivity index (χ1n) is 8.71. The van der Waals surface area contributed by atoms with Gasteiger partial charge in [-0.1, -0.05) is 55.5 Å². The smallest absolute Gasteiger partial charge is 0.276 e. The highest BCUT2D eigenvalue weighted by Crippen LogP contribution is 2.13. The van der Waals surface area contributed by atoms with Gasteiger partial charge in [0.05, 0.1) is 11.3 Å². The van der Waals surface area contributed by atoms with E-state index in [0.717, 1.165) is 30.0 Å². The number of benzene rings is 2. The first-order chi connectivity index (χ1) is 12.1. The van der Waals surface area contributed by atoms with E-state index in [1.54, 1.807) is 4.68 Å². The van der Waals surface area contributed by atoms with Crippen molar-refractivity contribution >= 4 is 12.4 Å². The van der Waals surface area contributed by atoms with E-state index in [4.69, 9.17) is 0 Å². The molecular weight excluding hydrogens is 346 g/mol. The lowest BCUT2D eigenvalue weighted by molar-refractivity contribution is 0.270. The largest absolute Gasteiger partial charge is 0.295 e. The zero-order valence-corrected chi connectivity index (χ0v) is 16.4. The molecule has 0 aliphatic rings. The quantitative estimate of drug-likeness (QED) is 0.657. The highest BCUT2D eigenvalue weighted by molar-refractivity contribution is 5.85. The van der Waals surface area contributed by atoms with Crippen LogP contribution >= 0.6 is 12.4 Å². The second-order valence-electron chi connectivity index (χ2n) is 6.33. The molecule has 0 bridgehead atoms. The van der Waals surface area contributed by atoms with Gasteiger partial charge in [-0.25, -0.2) is 4.68 Å². The molecule has 3 aromatic rings. The highest BCUT2D eigenvalue weighted by Gasteiger charge is 2.18. The second kappa shape index (κ2) is 8.88. The Kier molecular flexibility index (Phi) is 6.83. The Morgan fingerprint density at radius 2 is 1.50 bits per heavy atom. The molecule has 0 saturated heterocycles. The fraction of sp³-hybridized carbons (Fsp3) is 0.286. The topological polar surface area (TPSA) is 30.2 Å². The Balaban J connectivity index is 0.00000243. The van der Waals surface area contributed by atoms with Crippen LogP contribution in [0.1, 0.15) is 23.7 Å². The third kappa shape index (κ3) is 4.09. The lowest BCUT2D eigenvalue weighted by Gasteiger charge is -2.19. The summed E-state index contributed by atoms with van der Waals surface area (Å²) < 4.78 is 3.70. The van der Waals surface area contributed by atoms with Crippen LogP contribution < -0.4 is 5.56 Å². The van der Waals surface area contributed by atoms with Gasteiger partial charge in [0.2, 0.25) is 0 Å². The van der Waals surface area contributed by atoms with Crippen molar-refractivity contribution in [2.24, 2.45) is 7.05 Å². The van der Waals surface area contributed by atoms with E-state index in [1.807, 2.05) is 55.1 Å². The first kappa shape index (κ1) is 20.0. The van der Waals surface area contributed by atoms with E-state index >= 15 is 0 Å². The molecule has 0 amide bonds. The van der Waals surface area contributed by atoms with Crippen LogP contribution in [0.15, 0.2) is 65.5 Å². The van der Waals surface area contributed by atoms with Gasteiger partial charge in [0, 0.05) is 25.8 Å². The molecule has 4 nitrogen and oxygen atoms in total. The number of aromatic nitrogens is 2. The molecule has 0 radical (unpaired) electrons. The van der Waals surface area contributed by atoms with Gasteiger partial charge < -0.3 is 0 Å². The number of halogens is 1. The Morgan fingerprint density at radius 1 is 0.923 bits per heavy atom. The van der Waals surface area contributed by atoms with Gasteiger partial charge in [-0.05, 0) is 31.2 Å². The molecule has 26 heavy (non-hydrogen) atoms. The maximum atomic E-state index is 13.0. The third-order valence-corrected chi connectivity index (χ3v) is 4.75. The standard InChI is InChI=1S/C21H25N3O.ClH/c1-4-23(15-18-11-7-5-8-12-18)16-20-17(2)22(3)24(21(20)25)19-13-9-6-10-14-19;/h5-14H,4,15-16H2,1-3H3;1H. The minimum Gasteiger partial charge on any atom is -0.295 e. The van der Waals surface area contributed by atoms with E-state index in [-0.39, 0.29) is 18.0 Å². The zero-order chi connectivity index (χ0) is 17.8. The molecule has 5 heteroatoms. The van der Waals surface area contributed by atoms with E-state index in [1.165, 1.54) is 5.56 Å². The van der Waals surface area contributed by atoms with Gasteiger partial charge >= 0.3 is 0 Å². The van der Waals surface area contributed by atoms with Crippen LogP contribution in [0.3, 0.4) is 0 Å². The van der Waals surface area contributed by atoms with Gasteiger partial charge in [0.15, 0.2) is 0 Å². The van der Waals surface area contributed by atoms with Crippen LogP contribution in [-0.2, 0) is 20.1 Å². The van der Waals surface area contributed by atoms with Crippen LogP contribution in [-0.4, -0.2) is 20.8 Å². The summed E-state index contributed by atoms with van der Waals surface area (Å²) >= 11 is 0. The molecule has 2 aromatic carbocycles. The Hall–Kier alpha value is -2.30. The van der Waals surface area contributed by atoms with Crippen LogP contribution in [0.25, 0.3) is 5.69 Å². The van der Waals surface area contributed by atoms with Crippen molar-refractivity contribution in [1.29, 1.82) is 0 Å². The molecule has 3 rings (SSSR count). The monoisotopic (exact) mass is 371 g/mol. The SMILES string of the molecule is CCN(Cc1ccccc1)Cc1c(C)n(C)n(-c2ccccc2)c1=O.Cl. The van der Waals surface area contributed by atoms with E-state index < -0.39 is 0 Å². The molecule has 0 saturated carbocycles. The minimum absolute atomic E-state index is 0. The molecule has 0 aliphatic carbocycles. The minimum atomic E-state index is 0. The summed E-state index contributed by atoms with van der Waals surface area (Å²) in [7, 11) is 1.95. The van der Waals surface area contributed by atoms with Crippen molar-refractivity contribution in [3.05, 3.63) is 87.8 Å². The summed E-state index contributed by atoms with van der Waals surface area (Å²) in [6.45, 7) is 6.55. The number of rotatable bonds is 6. The predicted octanol–water partition coefficient (Wildman–Crippen LogP) is 3.93. The van der Waals surface area contributed by atoms with Crippen molar-refractivity contribution in [1.82, 2.24) is 14.3 Å². The predicted molar refractivity (Wildman–Crippen MR) is 109 cm³/mol. The average molecular weight is 372 g/mol. The summed E-state index contributed by atoms with van der Waals surface area (Å²) in [6.07, 6.45) is 0. The lowest BCUT2D eigenvalue weighted by atomic mass is 10.2. The van der Waals surface area contributed by atoms with E-state index in [0.29, 0.717) is 6.54 Å². The van der Waals surface area contributed by atoms with Crippen molar-refractivity contribution in [2.45, 2.75) is 26.9 Å².